The maximum atomic E-state index is 11.3. The summed E-state index contributed by atoms with van der Waals surface area (Å²) in [5.41, 5.74) is -0.278. The van der Waals surface area contributed by atoms with Crippen LogP contribution >= 0.6 is 0 Å². The van der Waals surface area contributed by atoms with E-state index in [4.69, 9.17) is 5.11 Å². The number of aliphatic hydroxyl groups excluding tert-OH is 2. The fourth-order valence-electron chi connectivity index (χ4n) is 1.47. The van der Waals surface area contributed by atoms with Crippen LogP contribution in [0, 0.1) is 5.41 Å². The van der Waals surface area contributed by atoms with Gasteiger partial charge in [0.1, 0.15) is 0 Å². The quantitative estimate of drug-likeness (QED) is 0.632. The number of rotatable bonds is 3. The number of aliphatic hydroxyl groups is 2. The van der Waals surface area contributed by atoms with Crippen LogP contribution in [0.25, 0.3) is 0 Å². The highest BCUT2D eigenvalue weighted by Crippen LogP contribution is 2.20. The van der Waals surface area contributed by atoms with Gasteiger partial charge in [-0.1, -0.05) is 13.8 Å². The highest BCUT2D eigenvalue weighted by Gasteiger charge is 2.31. The Kier molecular flexibility index (Phi) is 2.93. The Morgan fingerprint density at radius 2 is 2.23 bits per heavy atom. The highest BCUT2D eigenvalue weighted by molar-refractivity contribution is 5.79. The molecule has 0 bridgehead atoms. The molecule has 0 saturated carbocycles. The van der Waals surface area contributed by atoms with E-state index in [0.29, 0.717) is 13.1 Å². The van der Waals surface area contributed by atoms with Crippen LogP contribution in [0.4, 0.5) is 0 Å². The lowest BCUT2D eigenvalue weighted by atomic mass is 9.94. The number of carbonyl (C=O) groups is 1. The molecule has 0 aromatic carbocycles. The van der Waals surface area contributed by atoms with E-state index in [-0.39, 0.29) is 24.3 Å². The summed E-state index contributed by atoms with van der Waals surface area (Å²) in [6.45, 7) is 4.75. The molecule has 1 unspecified atom stereocenters. The van der Waals surface area contributed by atoms with E-state index in [0.717, 1.165) is 0 Å². The third-order valence-corrected chi connectivity index (χ3v) is 2.24. The molecule has 1 aliphatic heterocycles. The molecule has 0 aromatic rings. The van der Waals surface area contributed by atoms with Crippen LogP contribution in [0.3, 0.4) is 0 Å². The van der Waals surface area contributed by atoms with Crippen molar-refractivity contribution >= 4 is 5.91 Å². The first-order chi connectivity index (χ1) is 5.94. The van der Waals surface area contributed by atoms with Crippen LogP contribution in [0.2, 0.25) is 0 Å². The van der Waals surface area contributed by atoms with Crippen LogP contribution in [-0.2, 0) is 4.79 Å². The van der Waals surface area contributed by atoms with E-state index in [9.17, 15) is 9.90 Å². The summed E-state index contributed by atoms with van der Waals surface area (Å²) in [6, 6.07) is 0. The molecular weight excluding hydrogens is 170 g/mol. The maximum absolute atomic E-state index is 11.3. The molecule has 0 spiro atoms. The molecule has 2 N–H and O–H groups in total. The van der Waals surface area contributed by atoms with Crippen molar-refractivity contribution in [3.63, 3.8) is 0 Å². The molecule has 1 amide bonds. The molecule has 0 aliphatic carbocycles. The number of hydrogen-bond acceptors (Lipinski definition) is 3. The summed E-state index contributed by atoms with van der Waals surface area (Å²) in [4.78, 5) is 12.9. The van der Waals surface area contributed by atoms with Gasteiger partial charge < -0.3 is 15.1 Å². The molecule has 4 heteroatoms. The highest BCUT2D eigenvalue weighted by atomic mass is 16.3. The van der Waals surface area contributed by atoms with Gasteiger partial charge in [-0.05, 0) is 0 Å². The summed E-state index contributed by atoms with van der Waals surface area (Å²) < 4.78 is 0. The second-order valence-corrected chi connectivity index (χ2v) is 4.45. The lowest BCUT2D eigenvalue weighted by molar-refractivity contribution is -0.129. The van der Waals surface area contributed by atoms with Gasteiger partial charge in [0, 0.05) is 25.1 Å². The first kappa shape index (κ1) is 10.5. The Balaban J connectivity index is 2.50. The van der Waals surface area contributed by atoms with Crippen molar-refractivity contribution in [3.8, 4) is 0 Å². The van der Waals surface area contributed by atoms with Gasteiger partial charge in [0.25, 0.3) is 0 Å². The predicted octanol–water partition coefficient (Wildman–Crippen LogP) is -0.402. The maximum Gasteiger partial charge on any atom is 0.225 e. The molecule has 1 heterocycles. The van der Waals surface area contributed by atoms with Crippen molar-refractivity contribution in [1.29, 1.82) is 0 Å². The third kappa shape index (κ3) is 2.67. The van der Waals surface area contributed by atoms with Crippen molar-refractivity contribution in [2.24, 2.45) is 5.41 Å². The fraction of sp³-hybridized carbons (Fsp3) is 0.889. The lowest BCUT2D eigenvalue weighted by Gasteiger charge is -2.28. The van der Waals surface area contributed by atoms with Crippen LogP contribution < -0.4 is 0 Å². The molecule has 76 valence electrons. The van der Waals surface area contributed by atoms with Gasteiger partial charge in [-0.25, -0.2) is 0 Å². The topological polar surface area (TPSA) is 60.8 Å². The summed E-state index contributed by atoms with van der Waals surface area (Å²) in [5.74, 6) is -0.0194. The van der Waals surface area contributed by atoms with Gasteiger partial charge in [-0.2, -0.15) is 0 Å². The SMILES string of the molecule is CC(C)(CO)CN1CC(O)CC1=O. The molecule has 1 fully saturated rings. The van der Waals surface area contributed by atoms with Crippen LogP contribution in [0.1, 0.15) is 20.3 Å². The lowest BCUT2D eigenvalue weighted by Crippen LogP contribution is -2.37. The number of amides is 1. The van der Waals surface area contributed by atoms with E-state index in [2.05, 4.69) is 0 Å². The molecule has 1 aliphatic rings. The van der Waals surface area contributed by atoms with E-state index >= 15 is 0 Å². The first-order valence-electron chi connectivity index (χ1n) is 4.51. The van der Waals surface area contributed by atoms with Crippen LogP contribution in [0.15, 0.2) is 0 Å². The van der Waals surface area contributed by atoms with Crippen LogP contribution in [-0.4, -0.2) is 46.8 Å². The zero-order valence-electron chi connectivity index (χ0n) is 8.16. The Labute approximate surface area is 78.2 Å². The van der Waals surface area contributed by atoms with E-state index in [1.807, 2.05) is 13.8 Å². The molecule has 1 saturated heterocycles. The molecule has 0 aromatic heterocycles. The molecule has 0 radical (unpaired) electrons. The van der Waals surface area contributed by atoms with Gasteiger partial charge >= 0.3 is 0 Å². The zero-order valence-corrected chi connectivity index (χ0v) is 8.16. The van der Waals surface area contributed by atoms with Gasteiger partial charge in [0.15, 0.2) is 0 Å². The number of likely N-dealkylation sites (tertiary alicyclic amines) is 1. The largest absolute Gasteiger partial charge is 0.396 e. The minimum atomic E-state index is -0.526. The minimum Gasteiger partial charge on any atom is -0.396 e. The van der Waals surface area contributed by atoms with E-state index in [1.165, 1.54) is 0 Å². The third-order valence-electron chi connectivity index (χ3n) is 2.24. The predicted molar refractivity (Wildman–Crippen MR) is 48.1 cm³/mol. The second-order valence-electron chi connectivity index (χ2n) is 4.45. The van der Waals surface area contributed by atoms with Crippen molar-refractivity contribution < 1.29 is 15.0 Å². The molecule has 1 rings (SSSR count). The standard InChI is InChI=1S/C9H17NO3/c1-9(2,6-11)5-10-4-7(12)3-8(10)13/h7,11-12H,3-6H2,1-2H3. The number of carbonyl (C=O) groups excluding carboxylic acids is 1. The normalized spacial score (nSPS) is 24.2. The number of nitrogens with zero attached hydrogens (tertiary/aromatic N) is 1. The molecule has 1 atom stereocenters. The fourth-order valence-corrected chi connectivity index (χ4v) is 1.47. The van der Waals surface area contributed by atoms with Crippen molar-refractivity contribution in [2.45, 2.75) is 26.4 Å². The van der Waals surface area contributed by atoms with Gasteiger partial charge in [0.2, 0.25) is 5.91 Å². The summed E-state index contributed by atoms with van der Waals surface area (Å²) in [6.07, 6.45) is -0.302. The van der Waals surface area contributed by atoms with Gasteiger partial charge in [0.05, 0.1) is 12.5 Å². The number of hydrogen-bond donors (Lipinski definition) is 2. The minimum absolute atomic E-state index is 0.0194. The van der Waals surface area contributed by atoms with Gasteiger partial charge in [-0.15, -0.1) is 0 Å². The Bertz CT molecular complexity index is 203. The average molecular weight is 187 g/mol. The smallest absolute Gasteiger partial charge is 0.225 e. The van der Waals surface area contributed by atoms with Crippen molar-refractivity contribution in [1.82, 2.24) is 4.90 Å². The molecule has 13 heavy (non-hydrogen) atoms. The number of β-amino-alcohol motifs (C(OH)–C–C–N with tert-alkyl or cyclic N) is 1. The van der Waals surface area contributed by atoms with Gasteiger partial charge in [-0.3, -0.25) is 4.79 Å². The Morgan fingerprint density at radius 1 is 1.62 bits per heavy atom. The van der Waals surface area contributed by atoms with Crippen molar-refractivity contribution in [3.05, 3.63) is 0 Å². The summed E-state index contributed by atoms with van der Waals surface area (Å²) >= 11 is 0. The molecular formula is C9H17NO3. The summed E-state index contributed by atoms with van der Waals surface area (Å²) in [7, 11) is 0. The monoisotopic (exact) mass is 187 g/mol. The average Bonchev–Trinajstić information content (AvgIpc) is 2.30. The van der Waals surface area contributed by atoms with Crippen LogP contribution in [0.5, 0.6) is 0 Å². The van der Waals surface area contributed by atoms with E-state index < -0.39 is 6.10 Å². The zero-order chi connectivity index (χ0) is 10.1. The van der Waals surface area contributed by atoms with Crippen molar-refractivity contribution in [2.75, 3.05) is 19.7 Å². The van der Waals surface area contributed by atoms with E-state index in [1.54, 1.807) is 4.90 Å². The summed E-state index contributed by atoms with van der Waals surface area (Å²) in [5, 5.41) is 18.2. The first-order valence-corrected chi connectivity index (χ1v) is 4.51. The Hall–Kier alpha value is -0.610. The Morgan fingerprint density at radius 3 is 2.62 bits per heavy atom. The second kappa shape index (κ2) is 3.64. The molecule has 4 nitrogen and oxygen atoms in total.